The van der Waals surface area contributed by atoms with Crippen LogP contribution in [0.3, 0.4) is 0 Å². The van der Waals surface area contributed by atoms with Crippen molar-refractivity contribution in [2.75, 3.05) is 5.32 Å². The molecule has 2 aromatic rings. The highest BCUT2D eigenvalue weighted by Gasteiger charge is 2.09. The van der Waals surface area contributed by atoms with Crippen molar-refractivity contribution in [3.63, 3.8) is 0 Å². The zero-order valence-corrected chi connectivity index (χ0v) is 11.7. The third kappa shape index (κ3) is 3.64. The first kappa shape index (κ1) is 13.7. The number of nitrogens with one attached hydrogen (secondary N) is 1. The average Bonchev–Trinajstić information content (AvgIpc) is 2.78. The molecule has 0 atom stereocenters. The fraction of sp³-hybridized carbons (Fsp3) is 0.385. The second-order valence-corrected chi connectivity index (χ2v) is 5.76. The van der Waals surface area contributed by atoms with E-state index in [0.717, 1.165) is 11.4 Å². The first-order valence-electron chi connectivity index (χ1n) is 6.09. The van der Waals surface area contributed by atoms with Crippen molar-refractivity contribution in [3.8, 4) is 5.75 Å². The molecule has 0 saturated heterocycles. The standard InChI is InChI=1S/C13H16FN3OS/c1-8(2)6-11-16-17-13(19-11)15-7-9-4-3-5-10(14)12(9)18/h3-5,8,18H,6-7H2,1-2H3,(H,15,17). The Morgan fingerprint density at radius 2 is 2.16 bits per heavy atom. The van der Waals surface area contributed by atoms with Gasteiger partial charge in [-0.15, -0.1) is 10.2 Å². The van der Waals surface area contributed by atoms with Gasteiger partial charge < -0.3 is 10.4 Å². The van der Waals surface area contributed by atoms with Crippen molar-refractivity contribution >= 4 is 16.5 Å². The number of anilines is 1. The minimum Gasteiger partial charge on any atom is -0.505 e. The first-order valence-corrected chi connectivity index (χ1v) is 6.90. The second kappa shape index (κ2) is 5.97. The predicted octanol–water partition coefficient (Wildman–Crippen LogP) is 3.19. The molecule has 0 saturated carbocycles. The molecule has 0 amide bonds. The highest BCUT2D eigenvalue weighted by atomic mass is 32.1. The normalized spacial score (nSPS) is 10.9. The van der Waals surface area contributed by atoms with E-state index in [1.807, 2.05) is 0 Å². The van der Waals surface area contributed by atoms with Gasteiger partial charge in [0.2, 0.25) is 5.13 Å². The Morgan fingerprint density at radius 1 is 1.37 bits per heavy atom. The molecule has 0 radical (unpaired) electrons. The lowest BCUT2D eigenvalue weighted by molar-refractivity contribution is 0.427. The molecule has 2 N–H and O–H groups in total. The number of aromatic nitrogens is 2. The summed E-state index contributed by atoms with van der Waals surface area (Å²) in [6.07, 6.45) is 0.893. The zero-order valence-electron chi connectivity index (χ0n) is 10.9. The van der Waals surface area contributed by atoms with Crippen molar-refractivity contribution in [2.24, 2.45) is 5.92 Å². The Balaban J connectivity index is 1.98. The summed E-state index contributed by atoms with van der Waals surface area (Å²) in [5.41, 5.74) is 0.501. The van der Waals surface area contributed by atoms with Gasteiger partial charge in [0, 0.05) is 18.5 Å². The van der Waals surface area contributed by atoms with E-state index < -0.39 is 5.82 Å². The predicted molar refractivity (Wildman–Crippen MR) is 73.8 cm³/mol. The maximum absolute atomic E-state index is 13.1. The van der Waals surface area contributed by atoms with E-state index in [9.17, 15) is 9.50 Å². The largest absolute Gasteiger partial charge is 0.505 e. The van der Waals surface area contributed by atoms with Crippen LogP contribution in [-0.4, -0.2) is 15.3 Å². The number of halogens is 1. The van der Waals surface area contributed by atoms with Crippen molar-refractivity contribution in [1.82, 2.24) is 10.2 Å². The molecule has 1 aromatic carbocycles. The molecule has 0 spiro atoms. The molecular weight excluding hydrogens is 265 g/mol. The van der Waals surface area contributed by atoms with E-state index in [4.69, 9.17) is 0 Å². The highest BCUT2D eigenvalue weighted by Crippen LogP contribution is 2.23. The van der Waals surface area contributed by atoms with E-state index in [1.54, 1.807) is 12.1 Å². The molecule has 0 aliphatic rings. The molecule has 1 heterocycles. The topological polar surface area (TPSA) is 58.0 Å². The molecule has 0 aliphatic carbocycles. The Bertz CT molecular complexity index is 557. The van der Waals surface area contributed by atoms with Gasteiger partial charge in [-0.1, -0.05) is 37.3 Å². The van der Waals surface area contributed by atoms with Crippen molar-refractivity contribution < 1.29 is 9.50 Å². The minimum absolute atomic E-state index is 0.318. The summed E-state index contributed by atoms with van der Waals surface area (Å²) in [5, 5.41) is 22.3. The summed E-state index contributed by atoms with van der Waals surface area (Å²) in [6.45, 7) is 4.57. The maximum Gasteiger partial charge on any atom is 0.205 e. The lowest BCUT2D eigenvalue weighted by atomic mass is 10.1. The SMILES string of the molecule is CC(C)Cc1nnc(NCc2cccc(F)c2O)s1. The van der Waals surface area contributed by atoms with Gasteiger partial charge in [-0.05, 0) is 12.0 Å². The second-order valence-electron chi connectivity index (χ2n) is 4.70. The number of nitrogens with zero attached hydrogens (tertiary/aromatic N) is 2. The molecule has 0 bridgehead atoms. The third-order valence-corrected chi connectivity index (χ3v) is 3.45. The van der Waals surface area contributed by atoms with Crippen LogP contribution in [0.15, 0.2) is 18.2 Å². The maximum atomic E-state index is 13.1. The van der Waals surface area contributed by atoms with Gasteiger partial charge in [0.15, 0.2) is 11.6 Å². The van der Waals surface area contributed by atoms with Crippen LogP contribution in [0.2, 0.25) is 0 Å². The Hall–Kier alpha value is -1.69. The lowest BCUT2D eigenvalue weighted by Gasteiger charge is -2.05. The average molecular weight is 281 g/mol. The van der Waals surface area contributed by atoms with Gasteiger partial charge in [0.1, 0.15) is 5.01 Å². The molecule has 19 heavy (non-hydrogen) atoms. The van der Waals surface area contributed by atoms with Crippen LogP contribution < -0.4 is 5.32 Å². The van der Waals surface area contributed by atoms with Gasteiger partial charge in [-0.2, -0.15) is 0 Å². The number of benzene rings is 1. The fourth-order valence-corrected chi connectivity index (χ4v) is 2.58. The number of rotatable bonds is 5. The Morgan fingerprint density at radius 3 is 2.89 bits per heavy atom. The van der Waals surface area contributed by atoms with E-state index in [1.165, 1.54) is 17.4 Å². The van der Waals surface area contributed by atoms with Gasteiger partial charge >= 0.3 is 0 Å². The number of para-hydroxylation sites is 1. The van der Waals surface area contributed by atoms with Crippen LogP contribution in [0, 0.1) is 11.7 Å². The third-order valence-electron chi connectivity index (χ3n) is 2.55. The molecule has 1 aromatic heterocycles. The molecular formula is C13H16FN3OS. The monoisotopic (exact) mass is 281 g/mol. The Kier molecular flexibility index (Phi) is 4.31. The number of hydrogen-bond donors (Lipinski definition) is 2. The molecule has 0 fully saturated rings. The van der Waals surface area contributed by atoms with E-state index in [2.05, 4.69) is 29.4 Å². The zero-order chi connectivity index (χ0) is 13.8. The van der Waals surface area contributed by atoms with Gasteiger partial charge in [0.05, 0.1) is 0 Å². The van der Waals surface area contributed by atoms with Gasteiger partial charge in [-0.3, -0.25) is 0 Å². The molecule has 4 nitrogen and oxygen atoms in total. The molecule has 102 valence electrons. The van der Waals surface area contributed by atoms with E-state index in [-0.39, 0.29) is 5.75 Å². The van der Waals surface area contributed by atoms with Crippen LogP contribution in [0.1, 0.15) is 24.4 Å². The van der Waals surface area contributed by atoms with Crippen LogP contribution in [0.4, 0.5) is 9.52 Å². The smallest absolute Gasteiger partial charge is 0.205 e. The number of aromatic hydroxyl groups is 1. The number of phenols is 1. The quantitative estimate of drug-likeness (QED) is 0.883. The van der Waals surface area contributed by atoms with Gasteiger partial charge in [-0.25, -0.2) is 4.39 Å². The van der Waals surface area contributed by atoms with E-state index in [0.29, 0.717) is 23.2 Å². The first-order chi connectivity index (χ1) is 9.06. The van der Waals surface area contributed by atoms with Crippen LogP contribution in [-0.2, 0) is 13.0 Å². The summed E-state index contributed by atoms with van der Waals surface area (Å²) in [5.74, 6) is -0.396. The summed E-state index contributed by atoms with van der Waals surface area (Å²) in [7, 11) is 0. The van der Waals surface area contributed by atoms with Gasteiger partial charge in [0.25, 0.3) is 0 Å². The molecule has 6 heteroatoms. The van der Waals surface area contributed by atoms with E-state index >= 15 is 0 Å². The lowest BCUT2D eigenvalue weighted by Crippen LogP contribution is -2.00. The van der Waals surface area contributed by atoms with Crippen LogP contribution in [0.25, 0.3) is 0 Å². The summed E-state index contributed by atoms with van der Waals surface area (Å²) < 4.78 is 13.1. The van der Waals surface area contributed by atoms with Crippen molar-refractivity contribution in [3.05, 3.63) is 34.6 Å². The minimum atomic E-state index is -0.614. The molecule has 0 unspecified atom stereocenters. The number of phenolic OH excluding ortho intramolecular Hbond substituents is 1. The summed E-state index contributed by atoms with van der Waals surface area (Å²) in [4.78, 5) is 0. The van der Waals surface area contributed by atoms with Crippen LogP contribution in [0.5, 0.6) is 5.75 Å². The van der Waals surface area contributed by atoms with Crippen molar-refractivity contribution in [2.45, 2.75) is 26.8 Å². The van der Waals surface area contributed by atoms with Crippen LogP contribution >= 0.6 is 11.3 Å². The number of hydrogen-bond acceptors (Lipinski definition) is 5. The summed E-state index contributed by atoms with van der Waals surface area (Å²) >= 11 is 1.48. The molecule has 2 rings (SSSR count). The Labute approximate surface area is 115 Å². The summed E-state index contributed by atoms with van der Waals surface area (Å²) in [6, 6.07) is 4.46. The van der Waals surface area contributed by atoms with Crippen molar-refractivity contribution in [1.29, 1.82) is 0 Å². The molecule has 0 aliphatic heterocycles. The fourth-order valence-electron chi connectivity index (χ4n) is 1.63. The highest BCUT2D eigenvalue weighted by molar-refractivity contribution is 7.15.